The number of non-ortho nitro benzene ring substituents is 1. The molecule has 0 saturated carbocycles. The fourth-order valence-electron chi connectivity index (χ4n) is 2.98. The summed E-state index contributed by atoms with van der Waals surface area (Å²) in [5.74, 6) is -1.20. The van der Waals surface area contributed by atoms with Crippen molar-refractivity contribution in [3.05, 3.63) is 73.6 Å². The van der Waals surface area contributed by atoms with E-state index in [1.165, 1.54) is 18.2 Å². The number of nitrogens with zero attached hydrogens (tertiary/aromatic N) is 2. The molecule has 1 heterocycles. The third kappa shape index (κ3) is 4.21. The van der Waals surface area contributed by atoms with E-state index in [0.717, 1.165) is 18.2 Å². The summed E-state index contributed by atoms with van der Waals surface area (Å²) in [6.07, 6.45) is -0.518. The zero-order chi connectivity index (χ0) is 22.9. The Balaban J connectivity index is 2.04. The smallest absolute Gasteiger partial charge is 0.340 e. The number of carboxylic acid groups (broad SMARTS) is 1. The lowest BCUT2D eigenvalue weighted by Crippen LogP contribution is -2.16. The predicted octanol–water partition coefficient (Wildman–Crippen LogP) is 2.31. The molecule has 0 fully saturated rings. The van der Waals surface area contributed by atoms with Crippen molar-refractivity contribution in [3.63, 3.8) is 0 Å². The second-order valence-electron chi connectivity index (χ2n) is 6.43. The number of carbonyl (C=O) groups is 1. The van der Waals surface area contributed by atoms with Crippen LogP contribution in [0.15, 0.2) is 50.5 Å². The standard InChI is InChI=1S/C19H13N3O8S/c1-10-14-4-2-12(7-16(14)30-19(25)15(10)8-18(23)24)21-31(28,29)17-5-3-13(22(26)27)6-11(17)9-20/h2-7,21H,8H2,1H3,(H,23,24). The summed E-state index contributed by atoms with van der Waals surface area (Å²) < 4.78 is 32.8. The lowest BCUT2D eigenvalue weighted by atomic mass is 10.0. The number of hydrogen-bond acceptors (Lipinski definition) is 8. The fraction of sp³-hybridized carbons (Fsp3) is 0.105. The number of nitro benzene ring substituents is 1. The number of carboxylic acids is 1. The molecule has 158 valence electrons. The van der Waals surface area contributed by atoms with E-state index in [9.17, 15) is 33.4 Å². The Morgan fingerprint density at radius 1 is 1.29 bits per heavy atom. The molecule has 2 aromatic carbocycles. The molecule has 3 rings (SSSR count). The molecule has 31 heavy (non-hydrogen) atoms. The highest BCUT2D eigenvalue weighted by Crippen LogP contribution is 2.27. The summed E-state index contributed by atoms with van der Waals surface area (Å²) >= 11 is 0. The number of aryl methyl sites for hydroxylation is 1. The van der Waals surface area contributed by atoms with Gasteiger partial charge < -0.3 is 9.52 Å². The van der Waals surface area contributed by atoms with Gasteiger partial charge in [0.05, 0.1) is 28.2 Å². The van der Waals surface area contributed by atoms with Crippen molar-refractivity contribution in [2.24, 2.45) is 0 Å². The number of benzene rings is 2. The lowest BCUT2D eigenvalue weighted by molar-refractivity contribution is -0.384. The van der Waals surface area contributed by atoms with Crippen molar-refractivity contribution in [1.82, 2.24) is 0 Å². The first-order chi connectivity index (χ1) is 14.5. The average molecular weight is 443 g/mol. The molecule has 0 unspecified atom stereocenters. The monoisotopic (exact) mass is 443 g/mol. The van der Waals surface area contributed by atoms with Gasteiger partial charge in [-0.25, -0.2) is 13.2 Å². The molecule has 0 spiro atoms. The lowest BCUT2D eigenvalue weighted by Gasteiger charge is -2.11. The second-order valence-corrected chi connectivity index (χ2v) is 8.08. The summed E-state index contributed by atoms with van der Waals surface area (Å²) in [5.41, 5.74) is -1.29. The minimum atomic E-state index is -4.30. The predicted molar refractivity (Wildman–Crippen MR) is 107 cm³/mol. The van der Waals surface area contributed by atoms with Crippen molar-refractivity contribution in [3.8, 4) is 6.07 Å². The highest BCUT2D eigenvalue weighted by atomic mass is 32.2. The molecule has 3 aromatic rings. The normalized spacial score (nSPS) is 11.1. The number of nitrogens with one attached hydrogen (secondary N) is 1. The molecule has 0 aliphatic rings. The van der Waals surface area contributed by atoms with Crippen LogP contribution in [0, 0.1) is 28.4 Å². The number of hydrogen-bond donors (Lipinski definition) is 2. The molecule has 0 bridgehead atoms. The molecule has 0 atom stereocenters. The molecule has 0 aliphatic heterocycles. The Bertz CT molecular complexity index is 1450. The number of nitro groups is 1. The molecule has 0 radical (unpaired) electrons. The highest BCUT2D eigenvalue weighted by molar-refractivity contribution is 7.92. The SMILES string of the molecule is Cc1c(CC(=O)O)c(=O)oc2cc(NS(=O)(=O)c3ccc([N+](=O)[O-])cc3C#N)ccc12. The number of anilines is 1. The minimum Gasteiger partial charge on any atom is -0.481 e. The fourth-order valence-corrected chi connectivity index (χ4v) is 4.17. The van der Waals surface area contributed by atoms with Crippen LogP contribution in [-0.4, -0.2) is 24.4 Å². The van der Waals surface area contributed by atoms with Crippen molar-refractivity contribution in [1.29, 1.82) is 5.26 Å². The Labute approximate surface area is 174 Å². The van der Waals surface area contributed by atoms with Gasteiger partial charge in [0.1, 0.15) is 16.5 Å². The number of sulfonamides is 1. The van der Waals surface area contributed by atoms with Crippen LogP contribution in [0.1, 0.15) is 16.7 Å². The molecule has 11 nitrogen and oxygen atoms in total. The molecule has 2 N–H and O–H groups in total. The van der Waals surface area contributed by atoms with Crippen molar-refractivity contribution < 1.29 is 27.7 Å². The van der Waals surface area contributed by atoms with Crippen LogP contribution in [0.5, 0.6) is 0 Å². The Morgan fingerprint density at radius 2 is 2.00 bits per heavy atom. The van der Waals surface area contributed by atoms with E-state index in [1.807, 2.05) is 0 Å². The van der Waals surface area contributed by atoms with E-state index >= 15 is 0 Å². The maximum absolute atomic E-state index is 12.7. The van der Waals surface area contributed by atoms with Gasteiger partial charge in [-0.05, 0) is 30.7 Å². The summed E-state index contributed by atoms with van der Waals surface area (Å²) in [6.45, 7) is 1.55. The van der Waals surface area contributed by atoms with Gasteiger partial charge >= 0.3 is 11.6 Å². The summed E-state index contributed by atoms with van der Waals surface area (Å²) in [5, 5.41) is 29.4. The molecule has 1 aromatic heterocycles. The van der Waals surface area contributed by atoms with Gasteiger partial charge in [0, 0.05) is 23.6 Å². The van der Waals surface area contributed by atoms with E-state index < -0.39 is 49.1 Å². The Morgan fingerprint density at radius 3 is 2.61 bits per heavy atom. The van der Waals surface area contributed by atoms with Crippen LogP contribution in [-0.2, 0) is 21.2 Å². The highest BCUT2D eigenvalue weighted by Gasteiger charge is 2.22. The van der Waals surface area contributed by atoms with Crippen LogP contribution >= 0.6 is 0 Å². The van der Waals surface area contributed by atoms with Crippen LogP contribution in [0.3, 0.4) is 0 Å². The van der Waals surface area contributed by atoms with Gasteiger partial charge in [0.15, 0.2) is 0 Å². The first-order valence-electron chi connectivity index (χ1n) is 8.53. The zero-order valence-corrected chi connectivity index (χ0v) is 16.6. The largest absolute Gasteiger partial charge is 0.481 e. The van der Waals surface area contributed by atoms with E-state index in [0.29, 0.717) is 10.9 Å². The third-order valence-corrected chi connectivity index (χ3v) is 5.89. The summed E-state index contributed by atoms with van der Waals surface area (Å²) in [6, 6.07) is 8.44. The van der Waals surface area contributed by atoms with E-state index in [2.05, 4.69) is 4.72 Å². The van der Waals surface area contributed by atoms with Crippen molar-refractivity contribution >= 4 is 38.3 Å². The topological polar surface area (TPSA) is 181 Å². The van der Waals surface area contributed by atoms with Gasteiger partial charge in [-0.2, -0.15) is 5.26 Å². The van der Waals surface area contributed by atoms with Crippen molar-refractivity contribution in [2.45, 2.75) is 18.2 Å². The Kier molecular flexibility index (Phi) is 5.46. The third-order valence-electron chi connectivity index (χ3n) is 4.45. The maximum Gasteiger partial charge on any atom is 0.340 e. The number of rotatable bonds is 6. The number of aliphatic carboxylic acids is 1. The summed E-state index contributed by atoms with van der Waals surface area (Å²) in [7, 11) is -4.30. The minimum absolute atomic E-state index is 0.00303. The quantitative estimate of drug-likeness (QED) is 0.328. The first-order valence-corrected chi connectivity index (χ1v) is 10.0. The molecule has 0 amide bonds. The number of fused-ring (bicyclic) bond motifs is 1. The molecule has 12 heteroatoms. The van der Waals surface area contributed by atoms with Crippen LogP contribution in [0.2, 0.25) is 0 Å². The molecule has 0 saturated heterocycles. The summed E-state index contributed by atoms with van der Waals surface area (Å²) in [4.78, 5) is 32.7. The number of nitriles is 1. The van der Waals surface area contributed by atoms with Gasteiger partial charge in [-0.3, -0.25) is 19.6 Å². The van der Waals surface area contributed by atoms with Crippen molar-refractivity contribution in [2.75, 3.05) is 4.72 Å². The maximum atomic E-state index is 12.7. The second kappa shape index (κ2) is 7.88. The van der Waals surface area contributed by atoms with Crippen LogP contribution in [0.4, 0.5) is 11.4 Å². The van der Waals surface area contributed by atoms with Crippen LogP contribution < -0.4 is 10.3 Å². The zero-order valence-electron chi connectivity index (χ0n) is 15.8. The average Bonchev–Trinajstić information content (AvgIpc) is 2.69. The van der Waals surface area contributed by atoms with Gasteiger partial charge in [0.2, 0.25) is 0 Å². The first kappa shape index (κ1) is 21.5. The van der Waals surface area contributed by atoms with Gasteiger partial charge in [-0.1, -0.05) is 0 Å². The Hall–Kier alpha value is -4.24. The molecular formula is C19H13N3O8S. The van der Waals surface area contributed by atoms with Gasteiger partial charge in [-0.15, -0.1) is 0 Å². The van der Waals surface area contributed by atoms with E-state index in [-0.39, 0.29) is 16.8 Å². The van der Waals surface area contributed by atoms with Crippen LogP contribution in [0.25, 0.3) is 11.0 Å². The van der Waals surface area contributed by atoms with E-state index in [4.69, 9.17) is 9.52 Å². The van der Waals surface area contributed by atoms with E-state index in [1.54, 1.807) is 13.0 Å². The molecular weight excluding hydrogens is 430 g/mol. The molecule has 0 aliphatic carbocycles. The van der Waals surface area contributed by atoms with Gasteiger partial charge in [0.25, 0.3) is 15.7 Å².